The maximum Gasteiger partial charge on any atom is 0.178 e. The Hall–Kier alpha value is -0.970. The Morgan fingerprint density at radius 3 is 2.46 bits per heavy atom. The van der Waals surface area contributed by atoms with Gasteiger partial charge in [0.1, 0.15) is 0 Å². The topological polar surface area (TPSA) is 69.6 Å². The zero-order valence-corrected chi connectivity index (χ0v) is 8.65. The third kappa shape index (κ3) is 2.24. The van der Waals surface area contributed by atoms with Gasteiger partial charge < -0.3 is 5.73 Å². The van der Waals surface area contributed by atoms with Crippen LogP contribution in [-0.4, -0.2) is 26.8 Å². The molecule has 74 valence electrons. The fourth-order valence-electron chi connectivity index (χ4n) is 0.812. The van der Waals surface area contributed by atoms with Gasteiger partial charge in [-0.1, -0.05) is 6.92 Å². The number of hydrogen-bond acceptors (Lipinski definition) is 4. The molecule has 1 atom stereocenters. The van der Waals surface area contributed by atoms with Crippen LogP contribution < -0.4 is 5.73 Å². The van der Waals surface area contributed by atoms with Gasteiger partial charge in [-0.2, -0.15) is 4.80 Å². The first-order valence-electron chi connectivity index (χ1n) is 4.45. The van der Waals surface area contributed by atoms with Gasteiger partial charge in [0.2, 0.25) is 0 Å². The molecule has 0 aliphatic carbocycles. The van der Waals surface area contributed by atoms with E-state index < -0.39 is 0 Å². The summed E-state index contributed by atoms with van der Waals surface area (Å²) in [6.07, 6.45) is 0. The molecular weight excluding hydrogens is 166 g/mol. The first kappa shape index (κ1) is 10.1. The molecule has 0 saturated heterocycles. The fourth-order valence-corrected chi connectivity index (χ4v) is 0.812. The molecule has 0 radical (unpaired) electrons. The van der Waals surface area contributed by atoms with E-state index >= 15 is 0 Å². The maximum absolute atomic E-state index is 5.51. The summed E-state index contributed by atoms with van der Waals surface area (Å²) in [5.41, 5.74) is 5.39. The summed E-state index contributed by atoms with van der Waals surface area (Å²) in [6.45, 7) is 8.64. The quantitative estimate of drug-likeness (QED) is 0.724. The summed E-state index contributed by atoms with van der Waals surface area (Å²) in [7, 11) is 0. The average molecular weight is 183 g/mol. The molecule has 5 heteroatoms. The monoisotopic (exact) mass is 183 g/mol. The highest BCUT2D eigenvalue weighted by Crippen LogP contribution is 2.12. The van der Waals surface area contributed by atoms with Gasteiger partial charge in [-0.3, -0.25) is 0 Å². The SMILES string of the molecule is CC(CN)c1nnn(C(C)(C)C)n1. The second-order valence-corrected chi connectivity index (χ2v) is 4.24. The number of hydrogen-bond donors (Lipinski definition) is 1. The molecule has 0 aliphatic heterocycles. The molecule has 5 nitrogen and oxygen atoms in total. The van der Waals surface area contributed by atoms with Crippen LogP contribution in [0.2, 0.25) is 0 Å². The second-order valence-electron chi connectivity index (χ2n) is 4.24. The molecule has 1 aromatic heterocycles. The molecule has 13 heavy (non-hydrogen) atoms. The molecule has 2 N–H and O–H groups in total. The van der Waals surface area contributed by atoms with E-state index in [0.717, 1.165) is 5.82 Å². The van der Waals surface area contributed by atoms with Gasteiger partial charge in [0.15, 0.2) is 5.82 Å². The number of tetrazole rings is 1. The molecule has 1 unspecified atom stereocenters. The highest BCUT2D eigenvalue weighted by atomic mass is 15.6. The summed E-state index contributed by atoms with van der Waals surface area (Å²) in [4.78, 5) is 1.62. The molecule has 0 amide bonds. The van der Waals surface area contributed by atoms with Crippen LogP contribution in [0.4, 0.5) is 0 Å². The number of nitrogens with zero attached hydrogens (tertiary/aromatic N) is 4. The largest absolute Gasteiger partial charge is 0.330 e. The van der Waals surface area contributed by atoms with Crippen molar-refractivity contribution in [3.8, 4) is 0 Å². The molecule has 1 aromatic rings. The minimum atomic E-state index is -0.112. The standard InChI is InChI=1S/C8H17N5/c1-6(5-9)7-10-12-13(11-7)8(2,3)4/h6H,5,9H2,1-4H3. The van der Waals surface area contributed by atoms with Crippen LogP contribution in [0.15, 0.2) is 0 Å². The van der Waals surface area contributed by atoms with Gasteiger partial charge in [-0.05, 0) is 26.0 Å². The Kier molecular flexibility index (Phi) is 2.66. The maximum atomic E-state index is 5.51. The minimum Gasteiger partial charge on any atom is -0.330 e. The van der Waals surface area contributed by atoms with E-state index in [2.05, 4.69) is 15.4 Å². The summed E-state index contributed by atoms with van der Waals surface area (Å²) in [5, 5.41) is 12.2. The summed E-state index contributed by atoms with van der Waals surface area (Å²) in [6, 6.07) is 0. The summed E-state index contributed by atoms with van der Waals surface area (Å²) in [5.74, 6) is 0.897. The number of rotatable bonds is 2. The van der Waals surface area contributed by atoms with Gasteiger partial charge in [0, 0.05) is 12.5 Å². The normalized spacial score (nSPS) is 14.5. The molecule has 1 rings (SSSR count). The van der Waals surface area contributed by atoms with Crippen molar-refractivity contribution in [3.63, 3.8) is 0 Å². The predicted molar refractivity (Wildman–Crippen MR) is 50.3 cm³/mol. The molecule has 0 bridgehead atoms. The van der Waals surface area contributed by atoms with Crippen molar-refractivity contribution in [1.82, 2.24) is 20.2 Å². The van der Waals surface area contributed by atoms with Crippen LogP contribution in [0.3, 0.4) is 0 Å². The molecule has 0 saturated carbocycles. The summed E-state index contributed by atoms with van der Waals surface area (Å²) < 4.78 is 0. The third-order valence-corrected chi connectivity index (χ3v) is 1.82. The Morgan fingerprint density at radius 2 is 2.08 bits per heavy atom. The molecular formula is C8H17N5. The summed E-state index contributed by atoms with van der Waals surface area (Å²) >= 11 is 0. The first-order chi connectivity index (χ1) is 5.95. The predicted octanol–water partition coefficient (Wildman–Crippen LogP) is 0.490. The van der Waals surface area contributed by atoms with Crippen LogP contribution in [0.25, 0.3) is 0 Å². The molecule has 0 spiro atoms. The van der Waals surface area contributed by atoms with Crippen molar-refractivity contribution in [2.45, 2.75) is 39.2 Å². The van der Waals surface area contributed by atoms with E-state index in [1.165, 1.54) is 0 Å². The Balaban J connectivity index is 2.87. The highest BCUT2D eigenvalue weighted by Gasteiger charge is 2.18. The van der Waals surface area contributed by atoms with Crippen molar-refractivity contribution in [1.29, 1.82) is 0 Å². The number of aromatic nitrogens is 4. The second kappa shape index (κ2) is 3.41. The Bertz CT molecular complexity index is 272. The average Bonchev–Trinajstić information content (AvgIpc) is 2.50. The van der Waals surface area contributed by atoms with Gasteiger partial charge in [-0.25, -0.2) is 0 Å². The van der Waals surface area contributed by atoms with Crippen LogP contribution in [0.1, 0.15) is 39.4 Å². The van der Waals surface area contributed by atoms with Gasteiger partial charge >= 0.3 is 0 Å². The molecule has 0 aliphatic rings. The van der Waals surface area contributed by atoms with Crippen molar-refractivity contribution in [2.24, 2.45) is 5.73 Å². The van der Waals surface area contributed by atoms with Crippen molar-refractivity contribution in [2.75, 3.05) is 6.54 Å². The van der Waals surface area contributed by atoms with Crippen LogP contribution in [-0.2, 0) is 5.54 Å². The highest BCUT2D eigenvalue weighted by molar-refractivity contribution is 4.89. The molecule has 0 fully saturated rings. The lowest BCUT2D eigenvalue weighted by Gasteiger charge is -2.15. The van der Waals surface area contributed by atoms with Crippen LogP contribution >= 0.6 is 0 Å². The van der Waals surface area contributed by atoms with Crippen LogP contribution in [0, 0.1) is 0 Å². The van der Waals surface area contributed by atoms with E-state index in [-0.39, 0.29) is 11.5 Å². The van der Waals surface area contributed by atoms with E-state index in [9.17, 15) is 0 Å². The van der Waals surface area contributed by atoms with Crippen molar-refractivity contribution < 1.29 is 0 Å². The zero-order valence-electron chi connectivity index (χ0n) is 8.65. The third-order valence-electron chi connectivity index (χ3n) is 1.82. The molecule has 0 aromatic carbocycles. The number of nitrogens with two attached hydrogens (primary N) is 1. The molecule has 1 heterocycles. The van der Waals surface area contributed by atoms with Gasteiger partial charge in [0.25, 0.3) is 0 Å². The first-order valence-corrected chi connectivity index (χ1v) is 4.45. The zero-order chi connectivity index (χ0) is 10.1. The van der Waals surface area contributed by atoms with Gasteiger partial charge in [0.05, 0.1) is 5.54 Å². The van der Waals surface area contributed by atoms with E-state index in [1.54, 1.807) is 4.80 Å². The van der Waals surface area contributed by atoms with Gasteiger partial charge in [-0.15, -0.1) is 10.2 Å². The lowest BCUT2D eigenvalue weighted by Crippen LogP contribution is -2.25. The lowest BCUT2D eigenvalue weighted by atomic mass is 10.1. The fraction of sp³-hybridized carbons (Fsp3) is 0.875. The van der Waals surface area contributed by atoms with E-state index in [1.807, 2.05) is 27.7 Å². The minimum absolute atomic E-state index is 0.112. The van der Waals surface area contributed by atoms with Crippen molar-refractivity contribution in [3.05, 3.63) is 5.82 Å². The van der Waals surface area contributed by atoms with Crippen molar-refractivity contribution >= 4 is 0 Å². The lowest BCUT2D eigenvalue weighted by molar-refractivity contribution is 0.305. The van der Waals surface area contributed by atoms with Crippen LogP contribution in [0.5, 0.6) is 0 Å². The smallest absolute Gasteiger partial charge is 0.178 e. The van der Waals surface area contributed by atoms with E-state index in [0.29, 0.717) is 6.54 Å². The Labute approximate surface area is 78.3 Å². The Morgan fingerprint density at radius 1 is 1.46 bits per heavy atom. The van der Waals surface area contributed by atoms with E-state index in [4.69, 9.17) is 5.73 Å².